The first-order valence-corrected chi connectivity index (χ1v) is 7.54. The van der Waals surface area contributed by atoms with Crippen LogP contribution in [0.25, 0.3) is 0 Å². The number of quaternary nitrogens is 1. The van der Waals surface area contributed by atoms with E-state index in [2.05, 4.69) is 0 Å². The first-order chi connectivity index (χ1) is 10.9. The molecule has 1 aliphatic rings. The molecule has 124 valence electrons. The van der Waals surface area contributed by atoms with Gasteiger partial charge in [0.15, 0.2) is 11.5 Å². The van der Waals surface area contributed by atoms with E-state index in [9.17, 15) is 14.7 Å². The van der Waals surface area contributed by atoms with Crippen molar-refractivity contribution in [1.82, 2.24) is 4.90 Å². The second-order valence-electron chi connectivity index (χ2n) is 5.95. The summed E-state index contributed by atoms with van der Waals surface area (Å²) in [6.07, 6.45) is 0. The highest BCUT2D eigenvalue weighted by atomic mass is 16.5. The van der Waals surface area contributed by atoms with Crippen molar-refractivity contribution in [3.05, 3.63) is 41.2 Å². The first kappa shape index (κ1) is 17.0. The van der Waals surface area contributed by atoms with Crippen molar-refractivity contribution >= 4 is 11.7 Å². The number of methoxy groups -OCH3 is 1. The number of carbonyl (C=O) groups is 2. The molecule has 1 aromatic rings. The maximum atomic E-state index is 12.4. The molecule has 0 aromatic heterocycles. The number of hydrogen-bond acceptors (Lipinski definition) is 4. The third kappa shape index (κ3) is 3.37. The van der Waals surface area contributed by atoms with Gasteiger partial charge in [0.1, 0.15) is 5.75 Å². The lowest BCUT2D eigenvalue weighted by Gasteiger charge is -2.27. The Bertz CT molecular complexity index is 634. The standard InChI is InChI=1S/C17H22N2O4/c1-11(20)14-15(12-5-7-13(23-4)8-6-12)19(10-9-18(2)3)17(22)16(14)21/h5-8,15,21H,9-10H2,1-4H3/p+1/t15-/m0/s1. The predicted octanol–water partition coefficient (Wildman–Crippen LogP) is 0.124. The van der Waals surface area contributed by atoms with Gasteiger partial charge in [0, 0.05) is 0 Å². The number of hydrogen-bond donors (Lipinski definition) is 2. The summed E-state index contributed by atoms with van der Waals surface area (Å²) in [7, 11) is 5.55. The van der Waals surface area contributed by atoms with Gasteiger partial charge in [-0.2, -0.15) is 0 Å². The molecule has 1 aliphatic heterocycles. The second kappa shape index (κ2) is 6.83. The number of aliphatic hydroxyl groups is 1. The fraction of sp³-hybridized carbons (Fsp3) is 0.412. The molecule has 0 spiro atoms. The monoisotopic (exact) mass is 319 g/mol. The molecule has 1 amide bonds. The number of likely N-dealkylation sites (N-methyl/N-ethyl adjacent to an activating group) is 1. The van der Waals surface area contributed by atoms with E-state index in [0.717, 1.165) is 12.1 Å². The van der Waals surface area contributed by atoms with Crippen LogP contribution in [-0.2, 0) is 9.59 Å². The molecular weight excluding hydrogens is 296 g/mol. The molecule has 2 N–H and O–H groups in total. The third-order valence-corrected chi connectivity index (χ3v) is 3.97. The molecular formula is C17H23N2O4+. The molecule has 0 radical (unpaired) electrons. The molecule has 0 bridgehead atoms. The van der Waals surface area contributed by atoms with Crippen LogP contribution in [0, 0.1) is 0 Å². The number of Topliss-reactive ketones (excluding diaryl/α,β-unsaturated/α-hetero) is 1. The minimum absolute atomic E-state index is 0.161. The van der Waals surface area contributed by atoms with Gasteiger partial charge in [0.05, 0.1) is 45.9 Å². The van der Waals surface area contributed by atoms with Crippen LogP contribution < -0.4 is 9.64 Å². The van der Waals surface area contributed by atoms with Crippen LogP contribution >= 0.6 is 0 Å². The number of nitrogens with zero attached hydrogens (tertiary/aromatic N) is 1. The smallest absolute Gasteiger partial charge is 0.290 e. The van der Waals surface area contributed by atoms with Crippen LogP contribution in [-0.4, -0.2) is 56.0 Å². The Kier molecular flexibility index (Phi) is 5.05. The first-order valence-electron chi connectivity index (χ1n) is 7.54. The summed E-state index contributed by atoms with van der Waals surface area (Å²) < 4.78 is 5.14. The van der Waals surface area contributed by atoms with Crippen molar-refractivity contribution in [3.8, 4) is 5.75 Å². The fourth-order valence-corrected chi connectivity index (χ4v) is 2.72. The van der Waals surface area contributed by atoms with Gasteiger partial charge in [0.2, 0.25) is 0 Å². The van der Waals surface area contributed by atoms with Crippen LogP contribution in [0.5, 0.6) is 5.75 Å². The van der Waals surface area contributed by atoms with E-state index in [1.807, 2.05) is 26.2 Å². The normalized spacial score (nSPS) is 18.0. The van der Waals surface area contributed by atoms with Gasteiger partial charge in [-0.25, -0.2) is 0 Å². The quantitative estimate of drug-likeness (QED) is 0.781. The summed E-state index contributed by atoms with van der Waals surface area (Å²) in [5, 5.41) is 10.1. The van der Waals surface area contributed by atoms with Gasteiger partial charge < -0.3 is 19.6 Å². The van der Waals surface area contributed by atoms with Crippen molar-refractivity contribution in [3.63, 3.8) is 0 Å². The lowest BCUT2D eigenvalue weighted by atomic mass is 9.96. The Hall–Kier alpha value is -2.34. The number of benzene rings is 1. The average Bonchev–Trinajstić information content (AvgIpc) is 2.77. The van der Waals surface area contributed by atoms with E-state index in [1.165, 1.54) is 11.8 Å². The molecule has 0 saturated heterocycles. The Morgan fingerprint density at radius 2 is 1.91 bits per heavy atom. The highest BCUT2D eigenvalue weighted by Crippen LogP contribution is 2.37. The molecule has 2 rings (SSSR count). The summed E-state index contributed by atoms with van der Waals surface area (Å²) in [6.45, 7) is 2.55. The average molecular weight is 319 g/mol. The zero-order valence-electron chi connectivity index (χ0n) is 13.9. The van der Waals surface area contributed by atoms with E-state index in [4.69, 9.17) is 4.74 Å². The van der Waals surface area contributed by atoms with Crippen molar-refractivity contribution in [2.75, 3.05) is 34.3 Å². The molecule has 6 heteroatoms. The lowest BCUT2D eigenvalue weighted by molar-refractivity contribution is -0.857. The number of nitrogens with one attached hydrogen (secondary N) is 1. The zero-order valence-corrected chi connectivity index (χ0v) is 13.9. The minimum Gasteiger partial charge on any atom is -0.503 e. The SMILES string of the molecule is COc1ccc([C@H]2C(C(C)=O)=C(O)C(=O)N2CC[NH+](C)C)cc1. The van der Waals surface area contributed by atoms with Crippen molar-refractivity contribution < 1.29 is 24.3 Å². The van der Waals surface area contributed by atoms with Crippen LogP contribution in [0.15, 0.2) is 35.6 Å². The molecule has 0 saturated carbocycles. The number of carbonyl (C=O) groups excluding carboxylic acids is 2. The summed E-state index contributed by atoms with van der Waals surface area (Å²) in [4.78, 5) is 27.1. The highest BCUT2D eigenvalue weighted by molar-refractivity contribution is 6.08. The fourth-order valence-electron chi connectivity index (χ4n) is 2.72. The number of rotatable bonds is 6. The Balaban J connectivity index is 2.42. The summed E-state index contributed by atoms with van der Waals surface area (Å²) in [5.41, 5.74) is 0.941. The van der Waals surface area contributed by atoms with Crippen molar-refractivity contribution in [2.45, 2.75) is 13.0 Å². The van der Waals surface area contributed by atoms with Crippen molar-refractivity contribution in [1.29, 1.82) is 0 Å². The van der Waals surface area contributed by atoms with E-state index in [0.29, 0.717) is 12.3 Å². The lowest BCUT2D eigenvalue weighted by Crippen LogP contribution is -3.06. The molecule has 0 aliphatic carbocycles. The van der Waals surface area contributed by atoms with Gasteiger partial charge in [-0.15, -0.1) is 0 Å². The van der Waals surface area contributed by atoms with Crippen LogP contribution in [0.1, 0.15) is 18.5 Å². The molecule has 1 heterocycles. The van der Waals surface area contributed by atoms with Crippen LogP contribution in [0.2, 0.25) is 0 Å². The molecule has 0 fully saturated rings. The van der Waals surface area contributed by atoms with Gasteiger partial charge in [0.25, 0.3) is 5.91 Å². The maximum absolute atomic E-state index is 12.4. The number of amides is 1. The van der Waals surface area contributed by atoms with Crippen LogP contribution in [0.4, 0.5) is 0 Å². The molecule has 1 atom stereocenters. The Morgan fingerprint density at radius 3 is 2.39 bits per heavy atom. The maximum Gasteiger partial charge on any atom is 0.290 e. The molecule has 1 aromatic carbocycles. The zero-order chi connectivity index (χ0) is 17.1. The number of ketones is 1. The van der Waals surface area contributed by atoms with Crippen LogP contribution in [0.3, 0.4) is 0 Å². The number of aliphatic hydroxyl groups excluding tert-OH is 1. The van der Waals surface area contributed by atoms with Crippen molar-refractivity contribution in [2.24, 2.45) is 0 Å². The summed E-state index contributed by atoms with van der Waals surface area (Å²) >= 11 is 0. The molecule has 0 unspecified atom stereocenters. The highest BCUT2D eigenvalue weighted by Gasteiger charge is 2.42. The largest absolute Gasteiger partial charge is 0.503 e. The van der Waals surface area contributed by atoms with E-state index in [1.54, 1.807) is 24.1 Å². The topological polar surface area (TPSA) is 71.3 Å². The molecule has 23 heavy (non-hydrogen) atoms. The number of ether oxygens (including phenoxy) is 1. The van der Waals surface area contributed by atoms with Gasteiger partial charge >= 0.3 is 0 Å². The second-order valence-corrected chi connectivity index (χ2v) is 5.95. The van der Waals surface area contributed by atoms with E-state index >= 15 is 0 Å². The predicted molar refractivity (Wildman–Crippen MR) is 85.5 cm³/mol. The Labute approximate surface area is 136 Å². The molecule has 6 nitrogen and oxygen atoms in total. The van der Waals surface area contributed by atoms with Gasteiger partial charge in [-0.1, -0.05) is 12.1 Å². The minimum atomic E-state index is -0.551. The summed E-state index contributed by atoms with van der Waals surface area (Å²) in [5.74, 6) is -0.527. The van der Waals surface area contributed by atoms with E-state index < -0.39 is 17.7 Å². The summed E-state index contributed by atoms with van der Waals surface area (Å²) in [6, 6.07) is 6.64. The Morgan fingerprint density at radius 1 is 1.30 bits per heavy atom. The van der Waals surface area contributed by atoms with Gasteiger partial charge in [-0.3, -0.25) is 9.59 Å². The van der Waals surface area contributed by atoms with Gasteiger partial charge in [-0.05, 0) is 24.6 Å². The van der Waals surface area contributed by atoms with E-state index in [-0.39, 0.29) is 11.4 Å². The third-order valence-electron chi connectivity index (χ3n) is 3.97.